The van der Waals surface area contributed by atoms with Gasteiger partial charge in [-0.2, -0.15) is 5.10 Å². The fraction of sp³-hybridized carbons (Fsp3) is 0.375. The Morgan fingerprint density at radius 2 is 2.05 bits per heavy atom. The smallest absolute Gasteiger partial charge is 0.225 e. The normalized spacial score (nSPS) is 10.8. The van der Waals surface area contributed by atoms with Crippen molar-refractivity contribution < 1.29 is 4.79 Å². The molecule has 0 radical (unpaired) electrons. The van der Waals surface area contributed by atoms with Gasteiger partial charge < -0.3 is 10.6 Å². The van der Waals surface area contributed by atoms with Crippen LogP contribution < -0.4 is 10.6 Å². The molecular weight excluding hydrogens is 264 g/mol. The van der Waals surface area contributed by atoms with Crippen LogP contribution in [0.15, 0.2) is 42.7 Å². The molecule has 0 bridgehead atoms. The van der Waals surface area contributed by atoms with Crippen LogP contribution in [0.2, 0.25) is 0 Å². The third kappa shape index (κ3) is 5.39. The van der Waals surface area contributed by atoms with E-state index in [9.17, 15) is 4.79 Å². The van der Waals surface area contributed by atoms with Crippen molar-refractivity contribution in [2.45, 2.75) is 32.9 Å². The second kappa shape index (κ2) is 7.59. The molecule has 2 aromatic rings. The van der Waals surface area contributed by atoms with Gasteiger partial charge in [0.15, 0.2) is 0 Å². The van der Waals surface area contributed by atoms with E-state index >= 15 is 0 Å². The molecule has 0 spiro atoms. The van der Waals surface area contributed by atoms with Gasteiger partial charge in [0.2, 0.25) is 5.91 Å². The fourth-order valence-electron chi connectivity index (χ4n) is 1.97. The third-order valence-electron chi connectivity index (χ3n) is 3.05. The molecule has 1 aromatic heterocycles. The Labute approximate surface area is 125 Å². The van der Waals surface area contributed by atoms with E-state index in [-0.39, 0.29) is 5.91 Å². The van der Waals surface area contributed by atoms with E-state index in [0.717, 1.165) is 17.8 Å². The van der Waals surface area contributed by atoms with Crippen molar-refractivity contribution >= 4 is 11.6 Å². The van der Waals surface area contributed by atoms with Crippen molar-refractivity contribution in [3.8, 4) is 0 Å². The van der Waals surface area contributed by atoms with E-state index in [1.807, 2.05) is 41.2 Å². The summed E-state index contributed by atoms with van der Waals surface area (Å²) < 4.78 is 1.87. The molecule has 0 unspecified atom stereocenters. The zero-order chi connectivity index (χ0) is 15.1. The first-order chi connectivity index (χ1) is 10.1. The van der Waals surface area contributed by atoms with Crippen LogP contribution in [0.5, 0.6) is 0 Å². The first-order valence-corrected chi connectivity index (χ1v) is 7.23. The molecule has 5 heteroatoms. The number of nitrogens with zero attached hydrogens (tertiary/aromatic N) is 2. The molecular formula is C16H22N4O. The molecule has 2 N–H and O–H groups in total. The summed E-state index contributed by atoms with van der Waals surface area (Å²) in [6.07, 6.45) is 4.17. The Hall–Kier alpha value is -2.14. The minimum absolute atomic E-state index is 0.0305. The maximum Gasteiger partial charge on any atom is 0.225 e. The minimum atomic E-state index is 0.0305. The van der Waals surface area contributed by atoms with Crippen LogP contribution in [0.3, 0.4) is 0 Å². The zero-order valence-corrected chi connectivity index (χ0v) is 12.5. The van der Waals surface area contributed by atoms with E-state index in [2.05, 4.69) is 29.6 Å². The molecule has 5 nitrogen and oxygen atoms in total. The summed E-state index contributed by atoms with van der Waals surface area (Å²) in [6, 6.07) is 10.2. The number of rotatable bonds is 7. The summed E-state index contributed by atoms with van der Waals surface area (Å²) >= 11 is 0. The van der Waals surface area contributed by atoms with Crippen molar-refractivity contribution in [2.75, 3.05) is 11.9 Å². The van der Waals surface area contributed by atoms with Crippen molar-refractivity contribution in [1.82, 2.24) is 15.1 Å². The van der Waals surface area contributed by atoms with Gasteiger partial charge in [0.25, 0.3) is 0 Å². The lowest BCUT2D eigenvalue weighted by atomic mass is 10.2. The fourth-order valence-corrected chi connectivity index (χ4v) is 1.97. The highest BCUT2D eigenvalue weighted by Gasteiger charge is 2.03. The Bertz CT molecular complexity index is 546. The van der Waals surface area contributed by atoms with Crippen LogP contribution in [0.1, 0.15) is 25.8 Å². The van der Waals surface area contributed by atoms with Crippen molar-refractivity contribution in [2.24, 2.45) is 0 Å². The Kier molecular flexibility index (Phi) is 5.51. The molecule has 0 saturated heterocycles. The van der Waals surface area contributed by atoms with E-state index in [4.69, 9.17) is 0 Å². The summed E-state index contributed by atoms with van der Waals surface area (Å²) in [4.78, 5) is 11.8. The molecule has 1 aromatic carbocycles. The number of aromatic nitrogens is 2. The van der Waals surface area contributed by atoms with Crippen molar-refractivity contribution in [3.63, 3.8) is 0 Å². The standard InChI is InChI=1S/C16H22N4O/c1-13(2)17-10-8-16(21)19-15-6-4-14(5-7-15)12-20-11-3-9-18-20/h3-7,9,11,13,17H,8,10,12H2,1-2H3,(H,19,21). The SMILES string of the molecule is CC(C)NCCC(=O)Nc1ccc(Cn2cccn2)cc1. The third-order valence-corrected chi connectivity index (χ3v) is 3.05. The van der Waals surface area contributed by atoms with Gasteiger partial charge in [0.1, 0.15) is 0 Å². The predicted octanol–water partition coefficient (Wildman–Crippen LogP) is 2.26. The second-order valence-corrected chi connectivity index (χ2v) is 5.31. The molecule has 2 rings (SSSR count). The van der Waals surface area contributed by atoms with Gasteiger partial charge >= 0.3 is 0 Å². The maximum atomic E-state index is 11.8. The van der Waals surface area contributed by atoms with E-state index in [1.54, 1.807) is 6.20 Å². The first-order valence-electron chi connectivity index (χ1n) is 7.23. The Morgan fingerprint density at radius 1 is 1.29 bits per heavy atom. The molecule has 0 aliphatic heterocycles. The molecule has 0 saturated carbocycles. The van der Waals surface area contributed by atoms with Gasteiger partial charge in [-0.15, -0.1) is 0 Å². The van der Waals surface area contributed by atoms with E-state index in [0.29, 0.717) is 19.0 Å². The lowest BCUT2D eigenvalue weighted by Gasteiger charge is -2.09. The van der Waals surface area contributed by atoms with Crippen LogP contribution in [0.4, 0.5) is 5.69 Å². The monoisotopic (exact) mass is 286 g/mol. The maximum absolute atomic E-state index is 11.8. The largest absolute Gasteiger partial charge is 0.326 e. The number of hydrogen-bond donors (Lipinski definition) is 2. The van der Waals surface area contributed by atoms with Gasteiger partial charge in [-0.1, -0.05) is 26.0 Å². The number of benzene rings is 1. The highest BCUT2D eigenvalue weighted by Crippen LogP contribution is 2.10. The molecule has 0 atom stereocenters. The van der Waals surface area contributed by atoms with Crippen LogP contribution >= 0.6 is 0 Å². The summed E-state index contributed by atoms with van der Waals surface area (Å²) in [5.74, 6) is 0.0305. The minimum Gasteiger partial charge on any atom is -0.326 e. The predicted molar refractivity (Wildman–Crippen MR) is 84.2 cm³/mol. The van der Waals surface area contributed by atoms with Crippen LogP contribution in [-0.2, 0) is 11.3 Å². The number of amides is 1. The number of nitrogens with one attached hydrogen (secondary N) is 2. The van der Waals surface area contributed by atoms with E-state index in [1.165, 1.54) is 0 Å². The van der Waals surface area contributed by atoms with Gasteiger partial charge in [-0.25, -0.2) is 0 Å². The van der Waals surface area contributed by atoms with Crippen molar-refractivity contribution in [1.29, 1.82) is 0 Å². The highest BCUT2D eigenvalue weighted by molar-refractivity contribution is 5.90. The molecule has 0 fully saturated rings. The van der Waals surface area contributed by atoms with Crippen LogP contribution in [0, 0.1) is 0 Å². The number of carbonyl (C=O) groups excluding carboxylic acids is 1. The summed E-state index contributed by atoms with van der Waals surface area (Å²) in [5, 5.41) is 10.3. The van der Waals surface area contributed by atoms with Crippen molar-refractivity contribution in [3.05, 3.63) is 48.3 Å². The van der Waals surface area contributed by atoms with Crippen LogP contribution in [-0.4, -0.2) is 28.3 Å². The average Bonchev–Trinajstić information content (AvgIpc) is 2.93. The number of hydrogen-bond acceptors (Lipinski definition) is 3. The summed E-state index contributed by atoms with van der Waals surface area (Å²) in [5.41, 5.74) is 1.98. The number of carbonyl (C=O) groups is 1. The second-order valence-electron chi connectivity index (χ2n) is 5.31. The summed E-state index contributed by atoms with van der Waals surface area (Å²) in [6.45, 7) is 5.56. The van der Waals surface area contributed by atoms with Gasteiger partial charge in [0.05, 0.1) is 6.54 Å². The molecule has 112 valence electrons. The average molecular weight is 286 g/mol. The Morgan fingerprint density at radius 3 is 2.67 bits per heavy atom. The van der Waals surface area contributed by atoms with Gasteiger partial charge in [-0.05, 0) is 23.8 Å². The first kappa shape index (κ1) is 15.3. The molecule has 21 heavy (non-hydrogen) atoms. The molecule has 0 aliphatic carbocycles. The number of anilines is 1. The molecule has 1 heterocycles. The quantitative estimate of drug-likeness (QED) is 0.821. The highest BCUT2D eigenvalue weighted by atomic mass is 16.1. The molecule has 1 amide bonds. The van der Waals surface area contributed by atoms with Crippen LogP contribution in [0.25, 0.3) is 0 Å². The lowest BCUT2D eigenvalue weighted by molar-refractivity contribution is -0.116. The van der Waals surface area contributed by atoms with Gasteiger partial charge in [0, 0.05) is 37.1 Å². The Balaban J connectivity index is 1.80. The topological polar surface area (TPSA) is 59.0 Å². The molecule has 0 aliphatic rings. The zero-order valence-electron chi connectivity index (χ0n) is 12.5. The lowest BCUT2D eigenvalue weighted by Crippen LogP contribution is -2.27. The summed E-state index contributed by atoms with van der Waals surface area (Å²) in [7, 11) is 0. The van der Waals surface area contributed by atoms with E-state index < -0.39 is 0 Å². The van der Waals surface area contributed by atoms with Gasteiger partial charge in [-0.3, -0.25) is 9.48 Å².